The van der Waals surface area contributed by atoms with Gasteiger partial charge in [-0.2, -0.15) is 0 Å². The molecule has 2 rings (SSSR count). The number of likely N-dealkylation sites (tertiary alicyclic amines) is 1. The molecule has 120 valence electrons. The Bertz CT molecular complexity index is 579. The summed E-state index contributed by atoms with van der Waals surface area (Å²) in [6.07, 6.45) is 3.64. The third kappa shape index (κ3) is 3.37. The molecular formula is C16H23N3O3. The number of hydrogen-bond acceptors (Lipinski definition) is 3. The number of ketones is 1. The summed E-state index contributed by atoms with van der Waals surface area (Å²) in [5, 5.41) is 2.90. The fraction of sp³-hybridized carbons (Fsp3) is 0.562. The van der Waals surface area contributed by atoms with E-state index in [1.54, 1.807) is 34.8 Å². The Morgan fingerprint density at radius 3 is 2.59 bits per heavy atom. The van der Waals surface area contributed by atoms with Gasteiger partial charge in [0, 0.05) is 33.3 Å². The minimum absolute atomic E-state index is 0.0670. The molecule has 2 atom stereocenters. The Labute approximate surface area is 130 Å². The zero-order valence-corrected chi connectivity index (χ0v) is 13.3. The summed E-state index contributed by atoms with van der Waals surface area (Å²) in [5.74, 6) is -0.879. The van der Waals surface area contributed by atoms with Crippen LogP contribution in [0.15, 0.2) is 18.3 Å². The minimum Gasteiger partial charge on any atom is -0.351 e. The summed E-state index contributed by atoms with van der Waals surface area (Å²) >= 11 is 0. The quantitative estimate of drug-likeness (QED) is 0.651. The van der Waals surface area contributed by atoms with Crippen molar-refractivity contribution in [2.45, 2.75) is 32.7 Å². The van der Waals surface area contributed by atoms with E-state index in [0.717, 1.165) is 12.8 Å². The Hall–Kier alpha value is -2.11. The Balaban J connectivity index is 2.09. The standard InChI is InChI=1S/C16H23N3O3/c1-4-6-12-9-19(10-13(12)17-11(2)20)16(22)15(21)14-7-5-8-18(14)3/h5,7-8,12-13H,4,6,9-10H2,1-3H3,(H,17,20)/t12-,13-/m1/s1. The van der Waals surface area contributed by atoms with Crippen molar-refractivity contribution in [1.82, 2.24) is 14.8 Å². The second-order valence-electron chi connectivity index (χ2n) is 5.90. The molecule has 0 saturated carbocycles. The lowest BCUT2D eigenvalue weighted by Gasteiger charge is -2.17. The van der Waals surface area contributed by atoms with Crippen LogP contribution in [0.4, 0.5) is 0 Å². The number of carbonyl (C=O) groups excluding carboxylic acids is 3. The maximum Gasteiger partial charge on any atom is 0.296 e. The smallest absolute Gasteiger partial charge is 0.296 e. The molecule has 1 aliphatic rings. The van der Waals surface area contributed by atoms with Crippen LogP contribution in [0.1, 0.15) is 37.2 Å². The van der Waals surface area contributed by atoms with E-state index in [9.17, 15) is 14.4 Å². The van der Waals surface area contributed by atoms with Crippen LogP contribution in [0.25, 0.3) is 0 Å². The Morgan fingerprint density at radius 1 is 1.32 bits per heavy atom. The monoisotopic (exact) mass is 305 g/mol. The van der Waals surface area contributed by atoms with E-state index in [2.05, 4.69) is 12.2 Å². The number of amides is 2. The van der Waals surface area contributed by atoms with Crippen molar-refractivity contribution in [3.05, 3.63) is 24.0 Å². The van der Waals surface area contributed by atoms with E-state index in [-0.39, 0.29) is 17.9 Å². The van der Waals surface area contributed by atoms with E-state index >= 15 is 0 Å². The number of aromatic nitrogens is 1. The van der Waals surface area contributed by atoms with Crippen molar-refractivity contribution in [3.63, 3.8) is 0 Å². The fourth-order valence-electron chi connectivity index (χ4n) is 3.08. The van der Waals surface area contributed by atoms with E-state index in [1.807, 2.05) is 0 Å². The maximum absolute atomic E-state index is 12.4. The van der Waals surface area contributed by atoms with Crippen molar-refractivity contribution < 1.29 is 14.4 Å². The first-order valence-electron chi connectivity index (χ1n) is 7.66. The minimum atomic E-state index is -0.494. The molecule has 1 saturated heterocycles. The van der Waals surface area contributed by atoms with Crippen molar-refractivity contribution in [2.75, 3.05) is 13.1 Å². The molecule has 0 radical (unpaired) electrons. The predicted molar refractivity (Wildman–Crippen MR) is 82.3 cm³/mol. The molecule has 1 aromatic rings. The van der Waals surface area contributed by atoms with Crippen LogP contribution < -0.4 is 5.32 Å². The highest BCUT2D eigenvalue weighted by Gasteiger charge is 2.37. The number of nitrogens with one attached hydrogen (secondary N) is 1. The molecule has 1 fully saturated rings. The second-order valence-corrected chi connectivity index (χ2v) is 5.90. The van der Waals surface area contributed by atoms with Gasteiger partial charge in [0.15, 0.2) is 0 Å². The van der Waals surface area contributed by atoms with Gasteiger partial charge in [-0.3, -0.25) is 14.4 Å². The molecular weight excluding hydrogens is 282 g/mol. The first kappa shape index (κ1) is 16.3. The fourth-order valence-corrected chi connectivity index (χ4v) is 3.08. The lowest BCUT2D eigenvalue weighted by Crippen LogP contribution is -2.41. The van der Waals surface area contributed by atoms with Gasteiger partial charge >= 0.3 is 0 Å². The molecule has 2 amide bonds. The maximum atomic E-state index is 12.4. The highest BCUT2D eigenvalue weighted by molar-refractivity contribution is 6.42. The summed E-state index contributed by atoms with van der Waals surface area (Å²) in [6, 6.07) is 3.32. The molecule has 0 unspecified atom stereocenters. The van der Waals surface area contributed by atoms with Gasteiger partial charge in [0.25, 0.3) is 11.7 Å². The molecule has 1 aliphatic heterocycles. The molecule has 6 heteroatoms. The number of hydrogen-bond donors (Lipinski definition) is 1. The second kappa shape index (κ2) is 6.77. The van der Waals surface area contributed by atoms with Gasteiger partial charge in [-0.1, -0.05) is 13.3 Å². The van der Waals surface area contributed by atoms with Gasteiger partial charge in [0.05, 0.1) is 11.7 Å². The predicted octanol–water partition coefficient (Wildman–Crippen LogP) is 0.971. The molecule has 0 bridgehead atoms. The van der Waals surface area contributed by atoms with Gasteiger partial charge < -0.3 is 14.8 Å². The van der Waals surface area contributed by atoms with Gasteiger partial charge in [-0.25, -0.2) is 0 Å². The number of nitrogens with zero attached hydrogens (tertiary/aromatic N) is 2. The van der Waals surface area contributed by atoms with Crippen molar-refractivity contribution in [3.8, 4) is 0 Å². The molecule has 0 aliphatic carbocycles. The molecule has 0 aromatic carbocycles. The number of Topliss-reactive ketones (excluding diaryl/α,β-unsaturated/α-hetero) is 1. The van der Waals surface area contributed by atoms with Gasteiger partial charge in [0.2, 0.25) is 5.91 Å². The van der Waals surface area contributed by atoms with Crippen LogP contribution in [0.5, 0.6) is 0 Å². The first-order chi connectivity index (χ1) is 10.4. The summed E-state index contributed by atoms with van der Waals surface area (Å²) in [6.45, 7) is 4.47. The van der Waals surface area contributed by atoms with Crippen molar-refractivity contribution in [1.29, 1.82) is 0 Å². The van der Waals surface area contributed by atoms with Gasteiger partial charge in [-0.05, 0) is 24.5 Å². The van der Waals surface area contributed by atoms with E-state index in [0.29, 0.717) is 18.8 Å². The summed E-state index contributed by atoms with van der Waals surface area (Å²) in [4.78, 5) is 37.6. The Morgan fingerprint density at radius 2 is 2.05 bits per heavy atom. The SMILES string of the molecule is CCC[C@@H]1CN(C(=O)C(=O)c2cccn2C)C[C@H]1NC(C)=O. The van der Waals surface area contributed by atoms with Crippen LogP contribution in [0.3, 0.4) is 0 Å². The van der Waals surface area contributed by atoms with E-state index < -0.39 is 11.7 Å². The summed E-state index contributed by atoms with van der Waals surface area (Å²) in [5.41, 5.74) is 0.389. The van der Waals surface area contributed by atoms with Crippen LogP contribution in [-0.2, 0) is 16.6 Å². The summed E-state index contributed by atoms with van der Waals surface area (Å²) in [7, 11) is 1.74. The zero-order chi connectivity index (χ0) is 16.3. The van der Waals surface area contributed by atoms with Crippen molar-refractivity contribution in [2.24, 2.45) is 13.0 Å². The lowest BCUT2D eigenvalue weighted by atomic mass is 9.98. The van der Waals surface area contributed by atoms with Crippen molar-refractivity contribution >= 4 is 17.6 Å². The van der Waals surface area contributed by atoms with Crippen LogP contribution in [-0.4, -0.2) is 46.2 Å². The number of rotatable bonds is 5. The highest BCUT2D eigenvalue weighted by atomic mass is 16.2. The molecule has 1 aromatic heterocycles. The Kier molecular flexibility index (Phi) is 5.00. The third-order valence-electron chi connectivity index (χ3n) is 4.15. The van der Waals surface area contributed by atoms with Gasteiger partial charge in [-0.15, -0.1) is 0 Å². The van der Waals surface area contributed by atoms with Crippen LogP contribution in [0, 0.1) is 5.92 Å². The molecule has 0 spiro atoms. The molecule has 6 nitrogen and oxygen atoms in total. The average molecular weight is 305 g/mol. The lowest BCUT2D eigenvalue weighted by molar-refractivity contribution is -0.126. The first-order valence-corrected chi connectivity index (χ1v) is 7.66. The van der Waals surface area contributed by atoms with Crippen LogP contribution in [0.2, 0.25) is 0 Å². The average Bonchev–Trinajstić information content (AvgIpc) is 3.04. The normalized spacial score (nSPS) is 21.0. The van der Waals surface area contributed by atoms with E-state index in [1.165, 1.54) is 6.92 Å². The molecule has 22 heavy (non-hydrogen) atoms. The third-order valence-corrected chi connectivity index (χ3v) is 4.15. The largest absolute Gasteiger partial charge is 0.351 e. The molecule has 2 heterocycles. The van der Waals surface area contributed by atoms with Gasteiger partial charge in [0.1, 0.15) is 0 Å². The number of aryl methyl sites for hydroxylation is 1. The number of carbonyl (C=O) groups is 3. The zero-order valence-electron chi connectivity index (χ0n) is 13.3. The van der Waals surface area contributed by atoms with Crippen LogP contribution >= 0.6 is 0 Å². The highest BCUT2D eigenvalue weighted by Crippen LogP contribution is 2.22. The topological polar surface area (TPSA) is 71.4 Å². The molecule has 1 N–H and O–H groups in total. The van der Waals surface area contributed by atoms with E-state index in [4.69, 9.17) is 0 Å². The summed E-state index contributed by atoms with van der Waals surface area (Å²) < 4.78 is 1.64.